The minimum absolute atomic E-state index is 0.148. The van der Waals surface area contributed by atoms with E-state index in [4.69, 9.17) is 0 Å². The number of rotatable bonds is 3. The third-order valence-electron chi connectivity index (χ3n) is 4.01. The molecule has 0 aromatic rings. The van der Waals surface area contributed by atoms with Gasteiger partial charge in [0.05, 0.1) is 0 Å². The Labute approximate surface area is 106 Å². The van der Waals surface area contributed by atoms with Crippen LogP contribution < -0.4 is 5.32 Å². The van der Waals surface area contributed by atoms with Gasteiger partial charge in [-0.3, -0.25) is 4.79 Å². The molecule has 1 amide bonds. The SMILES string of the molecule is C=CC1CC(CC)C(C)(C(=O)NC(C)(C)C)C1. The van der Waals surface area contributed by atoms with Crippen molar-refractivity contribution in [1.29, 1.82) is 0 Å². The van der Waals surface area contributed by atoms with Crippen molar-refractivity contribution >= 4 is 5.91 Å². The molecule has 0 aromatic carbocycles. The van der Waals surface area contributed by atoms with Gasteiger partial charge in [0.1, 0.15) is 0 Å². The molecule has 3 unspecified atom stereocenters. The van der Waals surface area contributed by atoms with Gasteiger partial charge in [0.25, 0.3) is 0 Å². The maximum absolute atomic E-state index is 12.5. The van der Waals surface area contributed by atoms with E-state index in [9.17, 15) is 4.79 Å². The Hall–Kier alpha value is -0.790. The van der Waals surface area contributed by atoms with Crippen molar-refractivity contribution in [2.24, 2.45) is 17.3 Å². The van der Waals surface area contributed by atoms with Crippen LogP contribution in [0.15, 0.2) is 12.7 Å². The average Bonchev–Trinajstić information content (AvgIpc) is 2.54. The van der Waals surface area contributed by atoms with Crippen LogP contribution in [-0.2, 0) is 4.79 Å². The summed E-state index contributed by atoms with van der Waals surface area (Å²) in [6.07, 6.45) is 5.13. The Morgan fingerprint density at radius 1 is 1.53 bits per heavy atom. The molecule has 2 nitrogen and oxygen atoms in total. The summed E-state index contributed by atoms with van der Waals surface area (Å²) in [6, 6.07) is 0. The monoisotopic (exact) mass is 237 g/mol. The van der Waals surface area contributed by atoms with Crippen molar-refractivity contribution in [3.05, 3.63) is 12.7 Å². The van der Waals surface area contributed by atoms with E-state index in [1.165, 1.54) is 0 Å². The minimum atomic E-state index is -0.221. The Bertz CT molecular complexity index is 303. The van der Waals surface area contributed by atoms with E-state index < -0.39 is 0 Å². The third-order valence-corrected chi connectivity index (χ3v) is 4.01. The summed E-state index contributed by atoms with van der Waals surface area (Å²) in [6.45, 7) is 14.3. The fourth-order valence-electron chi connectivity index (χ4n) is 2.98. The molecule has 0 bridgehead atoms. The molecule has 0 spiro atoms. The summed E-state index contributed by atoms with van der Waals surface area (Å²) in [5.74, 6) is 1.18. The number of carbonyl (C=O) groups is 1. The van der Waals surface area contributed by atoms with Gasteiger partial charge >= 0.3 is 0 Å². The number of nitrogens with one attached hydrogen (secondary N) is 1. The smallest absolute Gasteiger partial charge is 0.226 e. The minimum Gasteiger partial charge on any atom is -0.351 e. The second-order valence-corrected chi connectivity index (χ2v) is 6.66. The highest BCUT2D eigenvalue weighted by Crippen LogP contribution is 2.48. The third kappa shape index (κ3) is 3.11. The molecule has 17 heavy (non-hydrogen) atoms. The first-order chi connectivity index (χ1) is 7.73. The lowest BCUT2D eigenvalue weighted by molar-refractivity contribution is -0.133. The Morgan fingerprint density at radius 2 is 2.12 bits per heavy atom. The average molecular weight is 237 g/mol. The van der Waals surface area contributed by atoms with Gasteiger partial charge in [-0.05, 0) is 45.4 Å². The second-order valence-electron chi connectivity index (χ2n) is 6.66. The van der Waals surface area contributed by atoms with Gasteiger partial charge in [0.15, 0.2) is 0 Å². The van der Waals surface area contributed by atoms with Crippen molar-refractivity contribution in [1.82, 2.24) is 5.32 Å². The van der Waals surface area contributed by atoms with Crippen LogP contribution in [0, 0.1) is 17.3 Å². The zero-order valence-electron chi connectivity index (χ0n) is 12.0. The zero-order valence-corrected chi connectivity index (χ0v) is 12.0. The summed E-state index contributed by atoms with van der Waals surface area (Å²) in [7, 11) is 0. The number of carbonyl (C=O) groups excluding carboxylic acids is 1. The molecule has 2 heteroatoms. The predicted molar refractivity (Wildman–Crippen MR) is 72.7 cm³/mol. The van der Waals surface area contributed by atoms with Crippen molar-refractivity contribution in [2.45, 2.75) is 59.4 Å². The van der Waals surface area contributed by atoms with E-state index >= 15 is 0 Å². The van der Waals surface area contributed by atoms with Gasteiger partial charge in [-0.25, -0.2) is 0 Å². The molecule has 3 atom stereocenters. The van der Waals surface area contributed by atoms with Gasteiger partial charge in [-0.1, -0.05) is 26.3 Å². The van der Waals surface area contributed by atoms with Crippen LogP contribution in [0.2, 0.25) is 0 Å². The second kappa shape index (κ2) is 4.83. The zero-order chi connectivity index (χ0) is 13.3. The number of hydrogen-bond acceptors (Lipinski definition) is 1. The number of allylic oxidation sites excluding steroid dienone is 1. The number of amides is 1. The maximum Gasteiger partial charge on any atom is 0.226 e. The summed E-state index contributed by atoms with van der Waals surface area (Å²) >= 11 is 0. The summed E-state index contributed by atoms with van der Waals surface area (Å²) in [4.78, 5) is 12.5. The molecule has 0 aromatic heterocycles. The maximum atomic E-state index is 12.5. The normalized spacial score (nSPS) is 33.5. The van der Waals surface area contributed by atoms with Gasteiger partial charge in [-0.2, -0.15) is 0 Å². The van der Waals surface area contributed by atoms with Crippen molar-refractivity contribution < 1.29 is 4.79 Å². The van der Waals surface area contributed by atoms with E-state index in [0.717, 1.165) is 19.3 Å². The van der Waals surface area contributed by atoms with E-state index in [1.54, 1.807) is 0 Å². The highest BCUT2D eigenvalue weighted by atomic mass is 16.2. The highest BCUT2D eigenvalue weighted by molar-refractivity contribution is 5.83. The quantitative estimate of drug-likeness (QED) is 0.747. The molecular weight excluding hydrogens is 210 g/mol. The van der Waals surface area contributed by atoms with Gasteiger partial charge in [0.2, 0.25) is 5.91 Å². The van der Waals surface area contributed by atoms with E-state index in [2.05, 4.69) is 25.7 Å². The molecule has 1 fully saturated rings. The van der Waals surface area contributed by atoms with E-state index in [0.29, 0.717) is 11.8 Å². The molecule has 1 aliphatic rings. The predicted octanol–water partition coefficient (Wildman–Crippen LogP) is 3.53. The Morgan fingerprint density at radius 3 is 2.53 bits per heavy atom. The highest BCUT2D eigenvalue weighted by Gasteiger charge is 2.47. The summed E-state index contributed by atoms with van der Waals surface area (Å²) < 4.78 is 0. The van der Waals surface area contributed by atoms with Gasteiger partial charge in [-0.15, -0.1) is 6.58 Å². The fourth-order valence-corrected chi connectivity index (χ4v) is 2.98. The molecule has 0 radical (unpaired) electrons. The van der Waals surface area contributed by atoms with Crippen molar-refractivity contribution in [2.75, 3.05) is 0 Å². The molecule has 1 rings (SSSR count). The van der Waals surface area contributed by atoms with Gasteiger partial charge < -0.3 is 5.32 Å². The lowest BCUT2D eigenvalue weighted by Gasteiger charge is -2.33. The van der Waals surface area contributed by atoms with Crippen LogP contribution in [0.25, 0.3) is 0 Å². The first-order valence-electron chi connectivity index (χ1n) is 6.68. The van der Waals surface area contributed by atoms with Crippen molar-refractivity contribution in [3.8, 4) is 0 Å². The largest absolute Gasteiger partial charge is 0.351 e. The molecule has 1 N–H and O–H groups in total. The van der Waals surface area contributed by atoms with Crippen molar-refractivity contribution in [3.63, 3.8) is 0 Å². The molecule has 98 valence electrons. The topological polar surface area (TPSA) is 29.1 Å². The van der Waals surface area contributed by atoms with E-state index in [-0.39, 0.29) is 16.9 Å². The standard InChI is InChI=1S/C15H27NO/c1-7-11-9-12(8-2)15(6,10-11)13(17)16-14(3,4)5/h7,11-12H,1,8-10H2,2-6H3,(H,16,17). The molecule has 0 aliphatic heterocycles. The first-order valence-corrected chi connectivity index (χ1v) is 6.68. The molecule has 1 aliphatic carbocycles. The molecular formula is C15H27NO. The molecule has 0 saturated heterocycles. The molecule has 1 saturated carbocycles. The molecule has 0 heterocycles. The van der Waals surface area contributed by atoms with Crippen LogP contribution in [0.3, 0.4) is 0 Å². The Kier molecular flexibility index (Phi) is 4.06. The van der Waals surface area contributed by atoms with Crippen LogP contribution in [0.4, 0.5) is 0 Å². The Balaban J connectivity index is 2.85. The van der Waals surface area contributed by atoms with Crippen LogP contribution in [-0.4, -0.2) is 11.4 Å². The lowest BCUT2D eigenvalue weighted by atomic mass is 9.77. The van der Waals surface area contributed by atoms with Crippen LogP contribution in [0.1, 0.15) is 53.9 Å². The van der Waals surface area contributed by atoms with Crippen LogP contribution in [0.5, 0.6) is 0 Å². The van der Waals surface area contributed by atoms with E-state index in [1.807, 2.05) is 26.8 Å². The van der Waals surface area contributed by atoms with Gasteiger partial charge in [0, 0.05) is 11.0 Å². The number of hydrogen-bond donors (Lipinski definition) is 1. The lowest BCUT2D eigenvalue weighted by Crippen LogP contribution is -2.49. The fraction of sp³-hybridized carbons (Fsp3) is 0.800. The first kappa shape index (κ1) is 14.3. The summed E-state index contributed by atoms with van der Waals surface area (Å²) in [5, 5.41) is 3.14. The summed E-state index contributed by atoms with van der Waals surface area (Å²) in [5.41, 5.74) is -0.370. The van der Waals surface area contributed by atoms with Crippen LogP contribution >= 0.6 is 0 Å².